The number of nitrogens with zero attached hydrogens (tertiary/aromatic N) is 1. The summed E-state index contributed by atoms with van der Waals surface area (Å²) in [6, 6.07) is 10.9. The topological polar surface area (TPSA) is 24.9 Å². The molecule has 1 heterocycles. The molecule has 3 heteroatoms. The maximum atomic E-state index is 4.62. The predicted octanol–water partition coefficient (Wildman–Crippen LogP) is 3.73. The normalized spacial score (nSPS) is 12.6. The van der Waals surface area contributed by atoms with E-state index in [0.717, 1.165) is 24.4 Å². The monoisotopic (exact) mass is 260 g/mol. The zero-order valence-corrected chi connectivity index (χ0v) is 11.8. The Kier molecular flexibility index (Phi) is 4.90. The Balaban J connectivity index is 2.10. The average Bonchev–Trinajstić information content (AvgIpc) is 2.82. The van der Waals surface area contributed by atoms with Crippen molar-refractivity contribution in [1.82, 2.24) is 10.3 Å². The highest BCUT2D eigenvalue weighted by atomic mass is 32.1. The van der Waals surface area contributed by atoms with Gasteiger partial charge < -0.3 is 5.32 Å². The molecule has 2 rings (SSSR count). The number of rotatable bonds is 6. The molecule has 2 nitrogen and oxygen atoms in total. The molecule has 0 aliphatic rings. The summed E-state index contributed by atoms with van der Waals surface area (Å²) in [5.41, 5.74) is 2.53. The Morgan fingerprint density at radius 2 is 2.06 bits per heavy atom. The van der Waals surface area contributed by atoms with E-state index in [4.69, 9.17) is 0 Å². The van der Waals surface area contributed by atoms with Gasteiger partial charge in [0.25, 0.3) is 0 Å². The molecule has 0 aliphatic carbocycles. The fourth-order valence-corrected chi connectivity index (χ4v) is 2.66. The van der Waals surface area contributed by atoms with E-state index in [1.165, 1.54) is 11.3 Å². The summed E-state index contributed by atoms with van der Waals surface area (Å²) in [6.07, 6.45) is 2.15. The van der Waals surface area contributed by atoms with Gasteiger partial charge in [0, 0.05) is 5.38 Å². The van der Waals surface area contributed by atoms with Crippen molar-refractivity contribution < 1.29 is 0 Å². The van der Waals surface area contributed by atoms with E-state index in [-0.39, 0.29) is 0 Å². The van der Waals surface area contributed by atoms with Crippen LogP contribution in [0.4, 0.5) is 0 Å². The zero-order chi connectivity index (χ0) is 12.8. The Bertz CT molecular complexity index is 464. The first-order chi connectivity index (χ1) is 8.79. The van der Waals surface area contributed by atoms with Gasteiger partial charge in [0.15, 0.2) is 0 Å². The van der Waals surface area contributed by atoms with E-state index < -0.39 is 0 Å². The second-order valence-electron chi connectivity index (χ2n) is 4.49. The summed E-state index contributed by atoms with van der Waals surface area (Å²) in [5.74, 6) is 0. The first-order valence-corrected chi connectivity index (χ1v) is 7.37. The number of nitrogens with one attached hydrogen (secondary N) is 1. The number of aryl methyl sites for hydroxylation is 1. The summed E-state index contributed by atoms with van der Waals surface area (Å²) in [7, 11) is 0. The largest absolute Gasteiger partial charge is 0.308 e. The predicted molar refractivity (Wildman–Crippen MR) is 78.0 cm³/mol. The van der Waals surface area contributed by atoms with E-state index in [2.05, 4.69) is 59.9 Å². The molecule has 1 aromatic heterocycles. The lowest BCUT2D eigenvalue weighted by Gasteiger charge is -2.16. The molecular weight excluding hydrogens is 240 g/mol. The van der Waals surface area contributed by atoms with Crippen LogP contribution in [0.25, 0.3) is 0 Å². The lowest BCUT2D eigenvalue weighted by molar-refractivity contribution is 0.519. The molecule has 1 atom stereocenters. The van der Waals surface area contributed by atoms with Crippen LogP contribution in [-0.4, -0.2) is 11.5 Å². The fraction of sp³-hybridized carbons (Fsp3) is 0.400. The lowest BCUT2D eigenvalue weighted by atomic mass is 10.0. The van der Waals surface area contributed by atoms with Crippen molar-refractivity contribution in [2.24, 2.45) is 0 Å². The third-order valence-corrected chi connectivity index (χ3v) is 3.71. The molecule has 2 aromatic rings. The van der Waals surface area contributed by atoms with Gasteiger partial charge in [-0.25, -0.2) is 4.98 Å². The third kappa shape index (κ3) is 3.65. The standard InChI is InChI=1S/C15H20N2S/c1-3-9-16-14(15-11-18-12(2)17-15)10-13-7-5-4-6-8-13/h4-8,11,14,16H,3,9-10H2,1-2H3. The average molecular weight is 260 g/mol. The van der Waals surface area contributed by atoms with E-state index in [1.807, 2.05) is 0 Å². The van der Waals surface area contributed by atoms with Crippen molar-refractivity contribution >= 4 is 11.3 Å². The van der Waals surface area contributed by atoms with E-state index in [0.29, 0.717) is 6.04 Å². The van der Waals surface area contributed by atoms with Crippen molar-refractivity contribution in [3.05, 3.63) is 52.0 Å². The van der Waals surface area contributed by atoms with Crippen molar-refractivity contribution in [1.29, 1.82) is 0 Å². The molecule has 0 radical (unpaired) electrons. The van der Waals surface area contributed by atoms with Crippen LogP contribution in [0, 0.1) is 6.92 Å². The van der Waals surface area contributed by atoms with Crippen molar-refractivity contribution in [2.75, 3.05) is 6.54 Å². The van der Waals surface area contributed by atoms with Gasteiger partial charge in [-0.05, 0) is 31.9 Å². The van der Waals surface area contributed by atoms with Gasteiger partial charge in [0.05, 0.1) is 16.7 Å². The highest BCUT2D eigenvalue weighted by molar-refractivity contribution is 7.09. The van der Waals surface area contributed by atoms with Crippen LogP contribution in [0.2, 0.25) is 0 Å². The number of benzene rings is 1. The molecule has 18 heavy (non-hydrogen) atoms. The zero-order valence-electron chi connectivity index (χ0n) is 11.0. The van der Waals surface area contributed by atoms with Crippen LogP contribution < -0.4 is 5.32 Å². The van der Waals surface area contributed by atoms with E-state index >= 15 is 0 Å². The SMILES string of the molecule is CCCNC(Cc1ccccc1)c1csc(C)n1. The van der Waals surface area contributed by atoms with Crippen LogP contribution in [0.15, 0.2) is 35.7 Å². The number of thiazole rings is 1. The molecule has 96 valence electrons. The van der Waals surface area contributed by atoms with Gasteiger partial charge in [0.1, 0.15) is 0 Å². The van der Waals surface area contributed by atoms with Crippen LogP contribution in [-0.2, 0) is 6.42 Å². The summed E-state index contributed by atoms with van der Waals surface area (Å²) >= 11 is 1.73. The molecule has 1 N–H and O–H groups in total. The second kappa shape index (κ2) is 6.66. The lowest BCUT2D eigenvalue weighted by Crippen LogP contribution is -2.24. The number of aromatic nitrogens is 1. The quantitative estimate of drug-likeness (QED) is 0.856. The van der Waals surface area contributed by atoms with Crippen molar-refractivity contribution in [3.8, 4) is 0 Å². The molecular formula is C15H20N2S. The molecule has 0 saturated heterocycles. The highest BCUT2D eigenvalue weighted by Crippen LogP contribution is 2.20. The maximum absolute atomic E-state index is 4.62. The fourth-order valence-electron chi connectivity index (χ4n) is 1.99. The Hall–Kier alpha value is -1.19. The Labute approximate surface area is 113 Å². The van der Waals surface area contributed by atoms with Gasteiger partial charge in [-0.2, -0.15) is 0 Å². The first kappa shape index (κ1) is 13.2. The van der Waals surface area contributed by atoms with Gasteiger partial charge in [-0.1, -0.05) is 37.3 Å². The molecule has 0 saturated carbocycles. The first-order valence-electron chi connectivity index (χ1n) is 6.49. The Morgan fingerprint density at radius 3 is 2.67 bits per heavy atom. The minimum Gasteiger partial charge on any atom is -0.308 e. The summed E-state index contributed by atoms with van der Waals surface area (Å²) < 4.78 is 0. The van der Waals surface area contributed by atoms with E-state index in [1.54, 1.807) is 11.3 Å². The molecule has 0 spiro atoms. The summed E-state index contributed by atoms with van der Waals surface area (Å²) in [4.78, 5) is 4.62. The smallest absolute Gasteiger partial charge is 0.0898 e. The molecule has 0 amide bonds. The van der Waals surface area contributed by atoms with Gasteiger partial charge in [-0.15, -0.1) is 11.3 Å². The van der Waals surface area contributed by atoms with Crippen molar-refractivity contribution in [3.63, 3.8) is 0 Å². The minimum atomic E-state index is 0.331. The van der Waals surface area contributed by atoms with Gasteiger partial charge in [-0.3, -0.25) is 0 Å². The van der Waals surface area contributed by atoms with Crippen LogP contribution in [0.3, 0.4) is 0 Å². The molecule has 1 aromatic carbocycles. The number of hydrogen-bond donors (Lipinski definition) is 1. The molecule has 0 aliphatic heterocycles. The molecule has 0 fully saturated rings. The maximum Gasteiger partial charge on any atom is 0.0898 e. The van der Waals surface area contributed by atoms with E-state index in [9.17, 15) is 0 Å². The second-order valence-corrected chi connectivity index (χ2v) is 5.55. The summed E-state index contributed by atoms with van der Waals surface area (Å²) in [5, 5.41) is 6.90. The van der Waals surface area contributed by atoms with Crippen LogP contribution in [0.1, 0.15) is 35.7 Å². The molecule has 0 bridgehead atoms. The Morgan fingerprint density at radius 1 is 1.28 bits per heavy atom. The van der Waals surface area contributed by atoms with Crippen LogP contribution in [0.5, 0.6) is 0 Å². The summed E-state index contributed by atoms with van der Waals surface area (Å²) in [6.45, 7) is 5.29. The van der Waals surface area contributed by atoms with Gasteiger partial charge >= 0.3 is 0 Å². The van der Waals surface area contributed by atoms with Crippen molar-refractivity contribution in [2.45, 2.75) is 32.7 Å². The highest BCUT2D eigenvalue weighted by Gasteiger charge is 2.14. The minimum absolute atomic E-state index is 0.331. The van der Waals surface area contributed by atoms with Crippen LogP contribution >= 0.6 is 11.3 Å². The van der Waals surface area contributed by atoms with Gasteiger partial charge in [0.2, 0.25) is 0 Å². The molecule has 1 unspecified atom stereocenters. The third-order valence-electron chi connectivity index (χ3n) is 2.92. The number of hydrogen-bond acceptors (Lipinski definition) is 3.